The van der Waals surface area contributed by atoms with Crippen LogP contribution in [-0.4, -0.2) is 53.0 Å². The molecule has 34 heavy (non-hydrogen) atoms. The van der Waals surface area contributed by atoms with Crippen molar-refractivity contribution < 1.29 is 23.5 Å². The smallest absolute Gasteiger partial charge is 0.286 e. The van der Waals surface area contributed by atoms with Crippen molar-refractivity contribution in [2.75, 3.05) is 25.5 Å². The quantitative estimate of drug-likeness (QED) is 0.529. The number of likely N-dealkylation sites (tertiary alicyclic amines) is 1. The number of aromatic nitrogens is 2. The van der Waals surface area contributed by atoms with Gasteiger partial charge in [0.2, 0.25) is 15.9 Å². The number of benzene rings is 1. The summed E-state index contributed by atoms with van der Waals surface area (Å²) < 4.78 is 10.6. The number of piperidine rings is 1. The molecule has 3 amide bonds. The highest BCUT2D eigenvalue weighted by molar-refractivity contribution is 7.15. The fraction of sp³-hybridized carbons (Fsp3) is 0.348. The molecule has 1 atom stereocenters. The van der Waals surface area contributed by atoms with Crippen LogP contribution in [0.4, 0.5) is 5.69 Å². The maximum atomic E-state index is 13.0. The summed E-state index contributed by atoms with van der Waals surface area (Å²) in [6.45, 7) is 2.96. The first-order chi connectivity index (χ1) is 16.4. The number of nitrogens with zero attached hydrogens (tertiary/aromatic N) is 3. The van der Waals surface area contributed by atoms with Gasteiger partial charge in [0.1, 0.15) is 17.3 Å². The van der Waals surface area contributed by atoms with Crippen LogP contribution in [0.1, 0.15) is 44.0 Å². The molecule has 0 spiro atoms. The fourth-order valence-electron chi connectivity index (χ4n) is 3.67. The van der Waals surface area contributed by atoms with Gasteiger partial charge in [-0.1, -0.05) is 11.3 Å². The number of carbonyl (C=O) groups is 3. The van der Waals surface area contributed by atoms with E-state index in [9.17, 15) is 14.4 Å². The van der Waals surface area contributed by atoms with E-state index in [0.717, 1.165) is 17.1 Å². The molecule has 1 aliphatic heterocycles. The molecule has 0 saturated carbocycles. The number of anilines is 1. The molecule has 0 radical (unpaired) electrons. The summed E-state index contributed by atoms with van der Waals surface area (Å²) in [4.78, 5) is 39.7. The Kier molecular flexibility index (Phi) is 7.21. The molecule has 1 aromatic carbocycles. The van der Waals surface area contributed by atoms with Crippen LogP contribution in [0.5, 0.6) is 5.75 Å². The molecule has 0 unspecified atom stereocenters. The van der Waals surface area contributed by atoms with Crippen molar-refractivity contribution in [3.63, 3.8) is 0 Å². The van der Waals surface area contributed by atoms with E-state index in [1.165, 1.54) is 0 Å². The average molecular weight is 484 g/mol. The van der Waals surface area contributed by atoms with Crippen LogP contribution < -0.4 is 15.4 Å². The van der Waals surface area contributed by atoms with E-state index in [4.69, 9.17) is 9.15 Å². The highest BCUT2D eigenvalue weighted by Gasteiger charge is 2.31. The Bertz CT molecular complexity index is 1170. The van der Waals surface area contributed by atoms with Crippen molar-refractivity contribution >= 4 is 34.7 Å². The standard InChI is InChI=1S/C23H25N5O5S/c1-14-5-8-18(33-14)12-24-19(29)15-4-3-11-28(13-15)23(31)22-27-26-21(34-22)20(30)25-16-6-9-17(32-2)10-7-16/h5-10,15H,3-4,11-13H2,1-2H3,(H,24,29)(H,25,30)/t15-/m1/s1. The normalized spacial score (nSPS) is 15.6. The zero-order valence-corrected chi connectivity index (χ0v) is 19.7. The van der Waals surface area contributed by atoms with Crippen LogP contribution in [0.15, 0.2) is 40.8 Å². The van der Waals surface area contributed by atoms with E-state index in [-0.39, 0.29) is 34.3 Å². The monoisotopic (exact) mass is 483 g/mol. The van der Waals surface area contributed by atoms with Crippen molar-refractivity contribution in [3.8, 4) is 5.75 Å². The predicted octanol–water partition coefficient (Wildman–Crippen LogP) is 2.87. The number of aryl methyl sites for hydroxylation is 1. The molecule has 4 rings (SSSR count). The molecule has 3 aromatic rings. The van der Waals surface area contributed by atoms with Crippen LogP contribution in [0.25, 0.3) is 0 Å². The number of carbonyl (C=O) groups excluding carboxylic acids is 3. The summed E-state index contributed by atoms with van der Waals surface area (Å²) in [5, 5.41) is 13.6. The van der Waals surface area contributed by atoms with Crippen molar-refractivity contribution in [2.24, 2.45) is 5.92 Å². The fourth-order valence-corrected chi connectivity index (χ4v) is 4.38. The summed E-state index contributed by atoms with van der Waals surface area (Å²) in [7, 11) is 1.56. The maximum absolute atomic E-state index is 13.0. The van der Waals surface area contributed by atoms with Gasteiger partial charge in [0.25, 0.3) is 11.8 Å². The third-order valence-corrected chi connectivity index (χ3v) is 6.37. The number of methoxy groups -OCH3 is 1. The van der Waals surface area contributed by atoms with Crippen LogP contribution in [0, 0.1) is 12.8 Å². The van der Waals surface area contributed by atoms with Gasteiger partial charge in [-0.3, -0.25) is 14.4 Å². The van der Waals surface area contributed by atoms with Gasteiger partial charge in [0.15, 0.2) is 0 Å². The van der Waals surface area contributed by atoms with Gasteiger partial charge in [-0.15, -0.1) is 10.2 Å². The number of hydrogen-bond acceptors (Lipinski definition) is 8. The molecular formula is C23H25N5O5S. The average Bonchev–Trinajstić information content (AvgIpc) is 3.52. The van der Waals surface area contributed by atoms with Crippen LogP contribution in [0.3, 0.4) is 0 Å². The summed E-state index contributed by atoms with van der Waals surface area (Å²) in [6, 6.07) is 10.5. The number of amides is 3. The Morgan fingerprint density at radius 3 is 2.62 bits per heavy atom. The maximum Gasteiger partial charge on any atom is 0.286 e. The minimum absolute atomic E-state index is 0.0826. The zero-order valence-electron chi connectivity index (χ0n) is 18.9. The topological polar surface area (TPSA) is 127 Å². The lowest BCUT2D eigenvalue weighted by atomic mass is 9.97. The summed E-state index contributed by atoms with van der Waals surface area (Å²) in [5.41, 5.74) is 0.573. The lowest BCUT2D eigenvalue weighted by Crippen LogP contribution is -2.45. The molecule has 178 valence electrons. The lowest BCUT2D eigenvalue weighted by molar-refractivity contribution is -0.126. The second-order valence-corrected chi connectivity index (χ2v) is 8.89. The molecule has 3 heterocycles. The highest BCUT2D eigenvalue weighted by atomic mass is 32.1. The Hall–Kier alpha value is -3.73. The molecule has 1 aliphatic rings. The van der Waals surface area contributed by atoms with Crippen molar-refractivity contribution in [1.29, 1.82) is 0 Å². The van der Waals surface area contributed by atoms with Gasteiger partial charge in [0, 0.05) is 18.8 Å². The molecular weight excluding hydrogens is 458 g/mol. The Morgan fingerprint density at radius 1 is 1.15 bits per heavy atom. The molecule has 11 heteroatoms. The van der Waals surface area contributed by atoms with Crippen molar-refractivity contribution in [1.82, 2.24) is 20.4 Å². The molecule has 2 N–H and O–H groups in total. The van der Waals surface area contributed by atoms with Gasteiger partial charge < -0.3 is 24.7 Å². The highest BCUT2D eigenvalue weighted by Crippen LogP contribution is 2.22. The van der Waals surface area contributed by atoms with E-state index >= 15 is 0 Å². The van der Waals surface area contributed by atoms with Crippen LogP contribution in [0.2, 0.25) is 0 Å². The number of furan rings is 1. The van der Waals surface area contributed by atoms with E-state index in [1.807, 2.05) is 19.1 Å². The molecule has 10 nitrogen and oxygen atoms in total. The van der Waals surface area contributed by atoms with E-state index in [0.29, 0.717) is 43.1 Å². The second kappa shape index (κ2) is 10.5. The Balaban J connectivity index is 1.33. The first-order valence-electron chi connectivity index (χ1n) is 10.8. The molecule has 1 saturated heterocycles. The largest absolute Gasteiger partial charge is 0.497 e. The predicted molar refractivity (Wildman–Crippen MR) is 125 cm³/mol. The number of hydrogen-bond donors (Lipinski definition) is 2. The lowest BCUT2D eigenvalue weighted by Gasteiger charge is -2.31. The summed E-state index contributed by atoms with van der Waals surface area (Å²) in [5.74, 6) is 0.914. The second-order valence-electron chi connectivity index (χ2n) is 7.92. The minimum atomic E-state index is -0.453. The number of rotatable bonds is 7. The van der Waals surface area contributed by atoms with Crippen molar-refractivity contribution in [3.05, 3.63) is 57.9 Å². The molecule has 2 aromatic heterocycles. The van der Waals surface area contributed by atoms with E-state index in [2.05, 4.69) is 20.8 Å². The SMILES string of the molecule is COc1ccc(NC(=O)c2nnc(C(=O)N3CCC[C@@H](C(=O)NCc4ccc(C)o4)C3)s2)cc1. The summed E-state index contributed by atoms with van der Waals surface area (Å²) >= 11 is 0.926. The first-order valence-corrected chi connectivity index (χ1v) is 11.7. The molecule has 0 bridgehead atoms. The van der Waals surface area contributed by atoms with Crippen LogP contribution >= 0.6 is 11.3 Å². The van der Waals surface area contributed by atoms with Gasteiger partial charge in [-0.2, -0.15) is 0 Å². The Labute approximate surface area is 200 Å². The minimum Gasteiger partial charge on any atom is -0.497 e. The number of ether oxygens (including phenoxy) is 1. The van der Waals surface area contributed by atoms with Crippen molar-refractivity contribution in [2.45, 2.75) is 26.3 Å². The van der Waals surface area contributed by atoms with Gasteiger partial charge in [-0.25, -0.2) is 0 Å². The van der Waals surface area contributed by atoms with E-state index < -0.39 is 5.91 Å². The van der Waals surface area contributed by atoms with Gasteiger partial charge >= 0.3 is 0 Å². The number of nitrogens with one attached hydrogen (secondary N) is 2. The van der Waals surface area contributed by atoms with Crippen LogP contribution in [-0.2, 0) is 11.3 Å². The Morgan fingerprint density at radius 2 is 1.91 bits per heavy atom. The van der Waals surface area contributed by atoms with E-state index in [1.54, 1.807) is 36.3 Å². The third-order valence-electron chi connectivity index (χ3n) is 5.46. The zero-order chi connectivity index (χ0) is 24.1. The molecule has 1 fully saturated rings. The first kappa shape index (κ1) is 23.4. The summed E-state index contributed by atoms with van der Waals surface area (Å²) in [6.07, 6.45) is 1.39. The van der Waals surface area contributed by atoms with Gasteiger partial charge in [0.05, 0.1) is 19.6 Å². The van der Waals surface area contributed by atoms with Gasteiger partial charge in [-0.05, 0) is 56.2 Å². The molecule has 0 aliphatic carbocycles. The third kappa shape index (κ3) is 5.60.